The van der Waals surface area contributed by atoms with Gasteiger partial charge in [-0.3, -0.25) is 4.79 Å². The van der Waals surface area contributed by atoms with Gasteiger partial charge in [0.15, 0.2) is 5.13 Å². The summed E-state index contributed by atoms with van der Waals surface area (Å²) in [6, 6.07) is 8.20. The number of pyridine rings is 1. The van der Waals surface area contributed by atoms with E-state index in [0.29, 0.717) is 39.3 Å². The Morgan fingerprint density at radius 2 is 1.78 bits per heavy atom. The third-order valence-corrected chi connectivity index (χ3v) is 9.13. The van der Waals surface area contributed by atoms with Crippen LogP contribution in [0, 0.1) is 0 Å². The van der Waals surface area contributed by atoms with E-state index >= 15 is 0 Å². The van der Waals surface area contributed by atoms with Crippen molar-refractivity contribution >= 4 is 54.3 Å². The quantitative estimate of drug-likeness (QED) is 0.557. The predicted octanol–water partition coefficient (Wildman–Crippen LogP) is 3.09. The molecule has 8 nitrogen and oxygen atoms in total. The fourth-order valence-electron chi connectivity index (χ4n) is 4.07. The van der Waals surface area contributed by atoms with Crippen molar-refractivity contribution < 1.29 is 13.2 Å². The van der Waals surface area contributed by atoms with Crippen LogP contribution in [0.2, 0.25) is 5.02 Å². The van der Waals surface area contributed by atoms with Crippen molar-refractivity contribution in [3.63, 3.8) is 0 Å². The minimum atomic E-state index is -3.62. The van der Waals surface area contributed by atoms with Crippen LogP contribution in [-0.2, 0) is 10.0 Å². The Kier molecular flexibility index (Phi) is 5.79. The van der Waals surface area contributed by atoms with Crippen molar-refractivity contribution in [1.29, 1.82) is 0 Å². The molecule has 4 heterocycles. The molecule has 0 unspecified atom stereocenters. The summed E-state index contributed by atoms with van der Waals surface area (Å²) < 4.78 is 27.3. The fourth-order valence-corrected chi connectivity index (χ4v) is 6.77. The third-order valence-electron chi connectivity index (χ3n) is 5.86. The maximum Gasteiger partial charge on any atom is 0.255 e. The summed E-state index contributed by atoms with van der Waals surface area (Å²) in [5, 5.41) is 1.15. The van der Waals surface area contributed by atoms with Crippen LogP contribution in [0.25, 0.3) is 10.3 Å². The number of carbonyl (C=O) groups is 1. The van der Waals surface area contributed by atoms with Crippen LogP contribution in [-0.4, -0.2) is 72.8 Å². The number of carbonyl (C=O) groups excluding carboxylic acids is 1. The number of benzene rings is 1. The van der Waals surface area contributed by atoms with E-state index in [9.17, 15) is 13.2 Å². The Hall–Kier alpha value is -2.27. The van der Waals surface area contributed by atoms with Gasteiger partial charge >= 0.3 is 0 Å². The van der Waals surface area contributed by atoms with Gasteiger partial charge in [0.1, 0.15) is 10.3 Å². The molecule has 5 rings (SSSR count). The Balaban J connectivity index is 1.31. The number of amides is 1. The highest BCUT2D eigenvalue weighted by molar-refractivity contribution is 7.89. The number of rotatable bonds is 4. The molecule has 0 saturated carbocycles. The molecule has 0 spiro atoms. The molecule has 1 amide bonds. The average molecular weight is 492 g/mol. The lowest BCUT2D eigenvalue weighted by molar-refractivity contribution is 0.0746. The van der Waals surface area contributed by atoms with Gasteiger partial charge < -0.3 is 9.80 Å². The first-order valence-corrected chi connectivity index (χ1v) is 13.1. The van der Waals surface area contributed by atoms with Crippen molar-refractivity contribution in [3.8, 4) is 0 Å². The number of aromatic nitrogens is 2. The third kappa shape index (κ3) is 3.96. The van der Waals surface area contributed by atoms with Crippen molar-refractivity contribution in [2.75, 3.05) is 44.2 Å². The molecule has 2 aromatic heterocycles. The van der Waals surface area contributed by atoms with Crippen LogP contribution in [0.4, 0.5) is 5.13 Å². The molecule has 1 aromatic carbocycles. The molecule has 3 aromatic rings. The number of piperazine rings is 1. The normalized spacial score (nSPS) is 17.9. The molecule has 0 bridgehead atoms. The highest BCUT2D eigenvalue weighted by Crippen LogP contribution is 2.29. The molecule has 11 heteroatoms. The van der Waals surface area contributed by atoms with E-state index in [1.54, 1.807) is 11.1 Å². The monoisotopic (exact) mass is 491 g/mol. The van der Waals surface area contributed by atoms with Crippen molar-refractivity contribution in [2.45, 2.75) is 17.7 Å². The molecular weight excluding hydrogens is 470 g/mol. The number of halogens is 1. The SMILES string of the molecule is O=C(c1cc(S(=O)(=O)N2CCCC2)ccc1Cl)N1CCN(c2nc3cccnc3s2)CC1. The largest absolute Gasteiger partial charge is 0.344 e. The van der Waals surface area contributed by atoms with Gasteiger partial charge in [-0.05, 0) is 43.2 Å². The van der Waals surface area contributed by atoms with E-state index in [0.717, 1.165) is 28.3 Å². The van der Waals surface area contributed by atoms with Crippen molar-refractivity contribution in [2.24, 2.45) is 0 Å². The highest BCUT2D eigenvalue weighted by Gasteiger charge is 2.30. The summed E-state index contributed by atoms with van der Waals surface area (Å²) >= 11 is 7.84. The summed E-state index contributed by atoms with van der Waals surface area (Å²) in [4.78, 5) is 27.1. The predicted molar refractivity (Wildman–Crippen MR) is 125 cm³/mol. The lowest BCUT2D eigenvalue weighted by Crippen LogP contribution is -2.48. The summed E-state index contributed by atoms with van der Waals surface area (Å²) in [6.07, 6.45) is 3.46. The smallest absolute Gasteiger partial charge is 0.255 e. The summed E-state index contributed by atoms with van der Waals surface area (Å²) in [6.45, 7) is 3.29. The number of sulfonamides is 1. The van der Waals surface area contributed by atoms with Gasteiger partial charge in [-0.1, -0.05) is 22.9 Å². The minimum Gasteiger partial charge on any atom is -0.344 e. The lowest BCUT2D eigenvalue weighted by atomic mass is 10.2. The van der Waals surface area contributed by atoms with Crippen LogP contribution < -0.4 is 4.90 Å². The van der Waals surface area contributed by atoms with E-state index in [1.165, 1.54) is 33.8 Å². The zero-order valence-corrected chi connectivity index (χ0v) is 19.7. The Labute approximate surface area is 195 Å². The molecular formula is C21H22ClN5O3S2. The number of thiazole rings is 1. The van der Waals surface area contributed by atoms with E-state index < -0.39 is 10.0 Å². The molecule has 0 N–H and O–H groups in total. The molecule has 2 aliphatic heterocycles. The molecule has 2 fully saturated rings. The number of anilines is 1. The standard InChI is InChI=1S/C21H22ClN5O3S2/c22-17-6-5-15(32(29,30)27-8-1-2-9-27)14-16(17)20(28)25-10-12-26(13-11-25)21-24-18-4-3-7-23-19(18)31-21/h3-7,14H,1-2,8-13H2. The molecule has 2 saturated heterocycles. The second-order valence-electron chi connectivity index (χ2n) is 7.86. The molecule has 0 radical (unpaired) electrons. The molecule has 168 valence electrons. The van der Waals surface area contributed by atoms with E-state index in [2.05, 4.69) is 14.9 Å². The first-order chi connectivity index (χ1) is 15.4. The second kappa shape index (κ2) is 8.58. The summed E-state index contributed by atoms with van der Waals surface area (Å²) in [5.41, 5.74) is 1.10. The van der Waals surface area contributed by atoms with Gasteiger partial charge in [-0.25, -0.2) is 18.4 Å². The van der Waals surface area contributed by atoms with Gasteiger partial charge in [0.05, 0.1) is 15.5 Å². The van der Waals surface area contributed by atoms with Crippen LogP contribution in [0.1, 0.15) is 23.2 Å². The molecule has 0 aliphatic carbocycles. The van der Waals surface area contributed by atoms with E-state index in [4.69, 9.17) is 11.6 Å². The van der Waals surface area contributed by atoms with Gasteiger partial charge in [0.2, 0.25) is 10.0 Å². The number of hydrogen-bond acceptors (Lipinski definition) is 7. The average Bonchev–Trinajstić information content (AvgIpc) is 3.49. The van der Waals surface area contributed by atoms with Crippen molar-refractivity contribution in [1.82, 2.24) is 19.2 Å². The van der Waals surface area contributed by atoms with E-state index in [1.807, 2.05) is 12.1 Å². The van der Waals surface area contributed by atoms with Crippen LogP contribution >= 0.6 is 22.9 Å². The Bertz CT molecular complexity index is 1230. The van der Waals surface area contributed by atoms with Gasteiger partial charge in [0, 0.05) is 45.5 Å². The van der Waals surface area contributed by atoms with Crippen LogP contribution in [0.3, 0.4) is 0 Å². The maximum absolute atomic E-state index is 13.2. The van der Waals surface area contributed by atoms with Crippen molar-refractivity contribution in [3.05, 3.63) is 47.1 Å². The molecule has 32 heavy (non-hydrogen) atoms. The first-order valence-electron chi connectivity index (χ1n) is 10.5. The lowest BCUT2D eigenvalue weighted by Gasteiger charge is -2.34. The first kappa shape index (κ1) is 21.6. The topological polar surface area (TPSA) is 86.7 Å². The highest BCUT2D eigenvalue weighted by atomic mass is 35.5. The Morgan fingerprint density at radius 3 is 2.50 bits per heavy atom. The maximum atomic E-state index is 13.2. The molecule has 0 atom stereocenters. The zero-order valence-electron chi connectivity index (χ0n) is 17.3. The second-order valence-corrected chi connectivity index (χ2v) is 11.2. The Morgan fingerprint density at radius 1 is 1.03 bits per heavy atom. The fraction of sp³-hybridized carbons (Fsp3) is 0.381. The number of fused-ring (bicyclic) bond motifs is 1. The number of hydrogen-bond donors (Lipinski definition) is 0. The van der Waals surface area contributed by atoms with Crippen LogP contribution in [0.15, 0.2) is 41.4 Å². The molecule has 2 aliphatic rings. The van der Waals surface area contributed by atoms with Gasteiger partial charge in [0.25, 0.3) is 5.91 Å². The van der Waals surface area contributed by atoms with E-state index in [-0.39, 0.29) is 21.4 Å². The zero-order chi connectivity index (χ0) is 22.3. The summed E-state index contributed by atoms with van der Waals surface area (Å²) in [7, 11) is -3.62. The number of nitrogens with zero attached hydrogens (tertiary/aromatic N) is 5. The van der Waals surface area contributed by atoms with Crippen LogP contribution in [0.5, 0.6) is 0 Å². The van der Waals surface area contributed by atoms with Gasteiger partial charge in [-0.2, -0.15) is 4.31 Å². The van der Waals surface area contributed by atoms with Gasteiger partial charge in [-0.15, -0.1) is 0 Å². The minimum absolute atomic E-state index is 0.118. The summed E-state index contributed by atoms with van der Waals surface area (Å²) in [5.74, 6) is -0.251.